The van der Waals surface area contributed by atoms with Gasteiger partial charge in [0.25, 0.3) is 0 Å². The first-order valence-electron chi connectivity index (χ1n) is 7.95. The highest BCUT2D eigenvalue weighted by Gasteiger charge is 2.30. The number of sulfone groups is 1. The number of nitrogens with zero attached hydrogens (tertiary/aromatic N) is 2. The normalized spacial score (nSPS) is 13.0. The topological polar surface area (TPSA) is 61.8 Å². The van der Waals surface area contributed by atoms with Gasteiger partial charge in [-0.2, -0.15) is 0 Å². The summed E-state index contributed by atoms with van der Waals surface area (Å²) >= 11 is 0. The summed E-state index contributed by atoms with van der Waals surface area (Å²) < 4.78 is 22.7. The van der Waals surface area contributed by atoms with Crippen molar-refractivity contribution in [1.82, 2.24) is 10.2 Å². The Morgan fingerprint density at radius 3 is 2.45 bits per heavy atom. The van der Waals surface area contributed by atoms with Gasteiger partial charge in [-0.15, -0.1) is 6.58 Å². The molecule has 0 radical (unpaired) electrons. The smallest absolute Gasteiger partial charge is 0.193 e. The Labute approximate surface area is 136 Å². The molecule has 0 heterocycles. The van der Waals surface area contributed by atoms with Crippen molar-refractivity contribution in [3.05, 3.63) is 12.7 Å². The minimum absolute atomic E-state index is 0.259. The van der Waals surface area contributed by atoms with E-state index in [9.17, 15) is 8.42 Å². The minimum Gasteiger partial charge on any atom is -0.357 e. The van der Waals surface area contributed by atoms with Crippen LogP contribution in [0.1, 0.15) is 46.5 Å². The Kier molecular flexibility index (Phi) is 9.41. The highest BCUT2D eigenvalue weighted by atomic mass is 32.2. The molecule has 6 heteroatoms. The van der Waals surface area contributed by atoms with Crippen molar-refractivity contribution >= 4 is 15.8 Å². The highest BCUT2D eigenvalue weighted by molar-refractivity contribution is 7.92. The van der Waals surface area contributed by atoms with Gasteiger partial charge >= 0.3 is 0 Å². The number of nitrogens with one attached hydrogen (secondary N) is 1. The van der Waals surface area contributed by atoms with Gasteiger partial charge < -0.3 is 10.2 Å². The van der Waals surface area contributed by atoms with E-state index in [0.717, 1.165) is 44.7 Å². The number of guanidine groups is 1. The van der Waals surface area contributed by atoms with Gasteiger partial charge in [-0.25, -0.2) is 8.42 Å². The molecule has 5 nitrogen and oxygen atoms in total. The van der Waals surface area contributed by atoms with Crippen LogP contribution in [-0.2, 0) is 9.84 Å². The van der Waals surface area contributed by atoms with Gasteiger partial charge in [0.15, 0.2) is 15.8 Å². The van der Waals surface area contributed by atoms with Crippen molar-refractivity contribution in [2.45, 2.75) is 51.2 Å². The first kappa shape index (κ1) is 21.0. The van der Waals surface area contributed by atoms with E-state index >= 15 is 0 Å². The van der Waals surface area contributed by atoms with Crippen LogP contribution >= 0.6 is 0 Å². The Bertz CT molecular complexity index is 456. The van der Waals surface area contributed by atoms with Crippen molar-refractivity contribution in [3.8, 4) is 0 Å². The van der Waals surface area contributed by atoms with Gasteiger partial charge in [-0.05, 0) is 40.0 Å². The predicted octanol–water partition coefficient (Wildman–Crippen LogP) is 2.45. The summed E-state index contributed by atoms with van der Waals surface area (Å²) in [6, 6.07) is 0. The van der Waals surface area contributed by atoms with E-state index in [1.807, 2.05) is 20.0 Å². The molecule has 0 aromatic carbocycles. The van der Waals surface area contributed by atoms with Crippen LogP contribution in [0, 0.1) is 0 Å². The monoisotopic (exact) mass is 331 g/mol. The van der Waals surface area contributed by atoms with E-state index in [4.69, 9.17) is 0 Å². The third-order valence-corrected chi connectivity index (χ3v) is 5.85. The molecule has 0 spiro atoms. The van der Waals surface area contributed by atoms with Gasteiger partial charge in [0.1, 0.15) is 0 Å². The molecule has 1 N–H and O–H groups in total. The second-order valence-corrected chi connectivity index (χ2v) is 8.91. The number of hydrogen-bond donors (Lipinski definition) is 1. The second-order valence-electron chi connectivity index (χ2n) is 6.26. The van der Waals surface area contributed by atoms with E-state index < -0.39 is 14.6 Å². The maximum Gasteiger partial charge on any atom is 0.193 e. The maximum absolute atomic E-state index is 11.8. The lowest BCUT2D eigenvalue weighted by Crippen LogP contribution is -2.42. The standard InChI is InChI=1S/C16H33N3O2S/c1-7-9-10-11-12-13-19(5)15(17-8-2)18-14-16(3,4)22(6,20)21/h7H,1,8-14H2,2-6H3,(H,17,18). The Hall–Kier alpha value is -1.04. The van der Waals surface area contributed by atoms with E-state index in [-0.39, 0.29) is 6.54 Å². The summed E-state index contributed by atoms with van der Waals surface area (Å²) in [7, 11) is -1.14. The lowest BCUT2D eigenvalue weighted by molar-refractivity contribution is 0.453. The molecule has 0 unspecified atom stereocenters. The van der Waals surface area contributed by atoms with Crippen molar-refractivity contribution in [3.63, 3.8) is 0 Å². The van der Waals surface area contributed by atoms with Gasteiger partial charge in [0.2, 0.25) is 0 Å². The average Bonchev–Trinajstić information content (AvgIpc) is 2.41. The van der Waals surface area contributed by atoms with Gasteiger partial charge in [-0.3, -0.25) is 4.99 Å². The van der Waals surface area contributed by atoms with Crippen LogP contribution in [0.5, 0.6) is 0 Å². The molecule has 130 valence electrons. The van der Waals surface area contributed by atoms with Gasteiger partial charge in [-0.1, -0.05) is 12.5 Å². The van der Waals surface area contributed by atoms with Crippen LogP contribution in [0.15, 0.2) is 17.6 Å². The average molecular weight is 332 g/mol. The second kappa shape index (κ2) is 9.87. The first-order valence-corrected chi connectivity index (χ1v) is 9.84. The largest absolute Gasteiger partial charge is 0.357 e. The number of rotatable bonds is 10. The molecule has 0 atom stereocenters. The van der Waals surface area contributed by atoms with Crippen molar-refractivity contribution in [2.24, 2.45) is 4.99 Å². The Balaban J connectivity index is 4.62. The number of allylic oxidation sites excluding steroid dienone is 1. The molecule has 0 amide bonds. The van der Waals surface area contributed by atoms with Gasteiger partial charge in [0, 0.05) is 26.4 Å². The van der Waals surface area contributed by atoms with Crippen LogP contribution in [0.3, 0.4) is 0 Å². The zero-order valence-electron chi connectivity index (χ0n) is 14.9. The lowest BCUT2D eigenvalue weighted by atomic mass is 10.2. The molecule has 0 saturated carbocycles. The Morgan fingerprint density at radius 1 is 1.32 bits per heavy atom. The maximum atomic E-state index is 11.8. The number of aliphatic imine (C=N–C) groups is 1. The summed E-state index contributed by atoms with van der Waals surface area (Å²) in [5.41, 5.74) is 0. The quantitative estimate of drug-likeness (QED) is 0.289. The molecule has 0 aromatic heterocycles. The van der Waals surface area contributed by atoms with Crippen LogP contribution in [0.4, 0.5) is 0 Å². The molecule has 0 aliphatic carbocycles. The van der Waals surface area contributed by atoms with Crippen molar-refractivity contribution < 1.29 is 8.42 Å². The number of hydrogen-bond acceptors (Lipinski definition) is 3. The molecule has 0 rings (SSSR count). The molecule has 22 heavy (non-hydrogen) atoms. The molecule has 0 aliphatic heterocycles. The Morgan fingerprint density at radius 2 is 1.95 bits per heavy atom. The van der Waals surface area contributed by atoms with Crippen LogP contribution in [0.2, 0.25) is 0 Å². The molecular formula is C16H33N3O2S. The predicted molar refractivity (Wildman–Crippen MR) is 96.2 cm³/mol. The molecule has 0 saturated heterocycles. The summed E-state index contributed by atoms with van der Waals surface area (Å²) in [6.45, 7) is 11.1. The van der Waals surface area contributed by atoms with E-state index in [2.05, 4.69) is 21.8 Å². The molecule has 0 bridgehead atoms. The molecular weight excluding hydrogens is 298 g/mol. The van der Waals surface area contributed by atoms with Gasteiger partial charge in [0.05, 0.1) is 11.3 Å². The summed E-state index contributed by atoms with van der Waals surface area (Å²) in [5, 5.41) is 3.22. The van der Waals surface area contributed by atoms with Crippen LogP contribution in [-0.4, -0.2) is 57.0 Å². The molecule has 0 fully saturated rings. The molecule has 0 aliphatic rings. The van der Waals surface area contributed by atoms with Crippen LogP contribution in [0.25, 0.3) is 0 Å². The fraction of sp³-hybridized carbons (Fsp3) is 0.812. The zero-order chi connectivity index (χ0) is 17.2. The third-order valence-electron chi connectivity index (χ3n) is 3.71. The summed E-state index contributed by atoms with van der Waals surface area (Å²) in [4.78, 5) is 6.57. The number of unbranched alkanes of at least 4 members (excludes halogenated alkanes) is 3. The first-order chi connectivity index (χ1) is 10.2. The third kappa shape index (κ3) is 7.82. The van der Waals surface area contributed by atoms with Crippen molar-refractivity contribution in [2.75, 3.05) is 32.9 Å². The summed E-state index contributed by atoms with van der Waals surface area (Å²) in [5.74, 6) is 0.767. The molecule has 0 aromatic rings. The van der Waals surface area contributed by atoms with E-state index in [1.54, 1.807) is 13.8 Å². The van der Waals surface area contributed by atoms with E-state index in [1.165, 1.54) is 6.26 Å². The fourth-order valence-corrected chi connectivity index (χ4v) is 2.07. The lowest BCUT2D eigenvalue weighted by Gasteiger charge is -2.25. The highest BCUT2D eigenvalue weighted by Crippen LogP contribution is 2.15. The summed E-state index contributed by atoms with van der Waals surface area (Å²) in [6.07, 6.45) is 7.67. The zero-order valence-corrected chi connectivity index (χ0v) is 15.7. The van der Waals surface area contributed by atoms with Crippen LogP contribution < -0.4 is 5.32 Å². The van der Waals surface area contributed by atoms with E-state index in [0.29, 0.717) is 0 Å². The van der Waals surface area contributed by atoms with Crippen molar-refractivity contribution in [1.29, 1.82) is 0 Å². The SMILES string of the molecule is C=CCCCCCN(C)C(=NCC(C)(C)S(C)(=O)=O)NCC. The minimum atomic E-state index is -3.13. The fourth-order valence-electron chi connectivity index (χ4n) is 1.77.